The molecule has 0 saturated carbocycles. The fourth-order valence-corrected chi connectivity index (χ4v) is 3.24. The van der Waals surface area contributed by atoms with E-state index in [1.54, 1.807) is 6.07 Å². The highest BCUT2D eigenvalue weighted by molar-refractivity contribution is 6.64. The first-order chi connectivity index (χ1) is 12.5. The molecule has 4 rings (SSSR count). The molecule has 0 aliphatic carbocycles. The Labute approximate surface area is 153 Å². The van der Waals surface area contributed by atoms with E-state index in [-0.39, 0.29) is 11.2 Å². The summed E-state index contributed by atoms with van der Waals surface area (Å²) in [5.74, 6) is -0.315. The fourth-order valence-electron chi connectivity index (χ4n) is 3.24. The number of nitrogens with zero attached hydrogens (tertiary/aromatic N) is 2. The maximum atomic E-state index is 14.6. The second-order valence-electron chi connectivity index (χ2n) is 7.64. The molecule has 3 aromatic rings. The first-order valence-corrected chi connectivity index (χ1v) is 8.95. The zero-order valence-corrected chi connectivity index (χ0v) is 15.1. The number of aryl methyl sites for hydroxylation is 2. The van der Waals surface area contributed by atoms with Crippen LogP contribution in [0.5, 0.6) is 0 Å². The number of halogens is 1. The van der Waals surface area contributed by atoms with Crippen molar-refractivity contribution in [3.05, 3.63) is 60.0 Å². The van der Waals surface area contributed by atoms with E-state index in [0.29, 0.717) is 18.7 Å². The van der Waals surface area contributed by atoms with Crippen molar-refractivity contribution in [2.75, 3.05) is 13.2 Å². The van der Waals surface area contributed by atoms with Crippen LogP contribution in [0.1, 0.15) is 19.4 Å². The van der Waals surface area contributed by atoms with Crippen molar-refractivity contribution in [2.45, 2.75) is 26.8 Å². The molecule has 26 heavy (non-hydrogen) atoms. The third kappa shape index (κ3) is 3.52. The van der Waals surface area contributed by atoms with Gasteiger partial charge in [-0.1, -0.05) is 44.2 Å². The van der Waals surface area contributed by atoms with Gasteiger partial charge in [-0.15, -0.1) is 0 Å². The highest BCUT2D eigenvalue weighted by atomic mass is 19.1. The number of hydrogen-bond acceptors (Lipinski definition) is 3. The van der Waals surface area contributed by atoms with Crippen molar-refractivity contribution in [1.82, 2.24) is 9.78 Å². The molecule has 1 saturated heterocycles. The molecule has 1 aliphatic rings. The van der Waals surface area contributed by atoms with E-state index in [1.807, 2.05) is 29.1 Å². The van der Waals surface area contributed by atoms with Gasteiger partial charge in [-0.05, 0) is 24.1 Å². The van der Waals surface area contributed by atoms with E-state index in [4.69, 9.17) is 9.31 Å². The SMILES string of the molecule is CC1(C)COB(c2c(F)ccc3nn(CCc4ccccc4)cc23)OC1. The summed E-state index contributed by atoms with van der Waals surface area (Å²) < 4.78 is 28.0. The molecule has 1 fully saturated rings. The average molecular weight is 352 g/mol. The molecule has 0 atom stereocenters. The quantitative estimate of drug-likeness (QED) is 0.677. The van der Waals surface area contributed by atoms with Gasteiger partial charge in [0, 0.05) is 42.2 Å². The minimum absolute atomic E-state index is 0.0548. The van der Waals surface area contributed by atoms with Crippen LogP contribution in [-0.4, -0.2) is 30.1 Å². The van der Waals surface area contributed by atoms with Gasteiger partial charge in [0.1, 0.15) is 5.82 Å². The summed E-state index contributed by atoms with van der Waals surface area (Å²) in [4.78, 5) is 0. The second kappa shape index (κ2) is 6.85. The van der Waals surface area contributed by atoms with Gasteiger partial charge in [-0.2, -0.15) is 5.10 Å². The molecule has 2 aromatic carbocycles. The van der Waals surface area contributed by atoms with E-state index in [9.17, 15) is 4.39 Å². The standard InChI is InChI=1S/C20H22BFN2O2/c1-20(2)13-25-21(26-14-20)19-16-12-24(23-18(16)9-8-17(19)22)11-10-15-6-4-3-5-7-15/h3-9,12H,10-11,13-14H2,1-2H3. The zero-order valence-electron chi connectivity index (χ0n) is 15.1. The van der Waals surface area contributed by atoms with Gasteiger partial charge in [0.15, 0.2) is 0 Å². The smallest absolute Gasteiger partial charge is 0.407 e. The van der Waals surface area contributed by atoms with Crippen LogP contribution in [0.3, 0.4) is 0 Å². The number of aromatic nitrogens is 2. The van der Waals surface area contributed by atoms with Crippen molar-refractivity contribution in [2.24, 2.45) is 5.41 Å². The molecule has 6 heteroatoms. The Hall–Kier alpha value is -2.18. The van der Waals surface area contributed by atoms with Gasteiger partial charge < -0.3 is 9.31 Å². The molecule has 0 unspecified atom stereocenters. The van der Waals surface area contributed by atoms with Crippen LogP contribution in [0.2, 0.25) is 0 Å². The Kier molecular flexibility index (Phi) is 4.55. The van der Waals surface area contributed by atoms with Gasteiger partial charge in [-0.3, -0.25) is 4.68 Å². The third-order valence-electron chi connectivity index (χ3n) is 4.68. The summed E-state index contributed by atoms with van der Waals surface area (Å²) in [6, 6.07) is 13.4. The highest BCUT2D eigenvalue weighted by Crippen LogP contribution is 2.23. The largest absolute Gasteiger partial charge is 0.497 e. The highest BCUT2D eigenvalue weighted by Gasteiger charge is 2.36. The van der Waals surface area contributed by atoms with Gasteiger partial charge >= 0.3 is 7.12 Å². The van der Waals surface area contributed by atoms with Crippen LogP contribution in [0.25, 0.3) is 10.9 Å². The van der Waals surface area contributed by atoms with Crippen LogP contribution < -0.4 is 5.46 Å². The molecule has 0 spiro atoms. The van der Waals surface area contributed by atoms with Crippen LogP contribution in [0.4, 0.5) is 4.39 Å². The van der Waals surface area contributed by atoms with Gasteiger partial charge in [0.05, 0.1) is 5.52 Å². The van der Waals surface area contributed by atoms with Gasteiger partial charge in [0.2, 0.25) is 0 Å². The van der Waals surface area contributed by atoms with Crippen molar-refractivity contribution < 1.29 is 13.7 Å². The first-order valence-electron chi connectivity index (χ1n) is 8.95. The van der Waals surface area contributed by atoms with Gasteiger partial charge in [-0.25, -0.2) is 4.39 Å². The molecule has 0 radical (unpaired) electrons. The van der Waals surface area contributed by atoms with Crippen molar-refractivity contribution >= 4 is 23.5 Å². The third-order valence-corrected chi connectivity index (χ3v) is 4.68. The summed E-state index contributed by atoms with van der Waals surface area (Å²) in [5.41, 5.74) is 2.40. The lowest BCUT2D eigenvalue weighted by molar-refractivity contribution is 0.0341. The van der Waals surface area contributed by atoms with E-state index in [1.165, 1.54) is 11.6 Å². The van der Waals surface area contributed by atoms with Crippen LogP contribution >= 0.6 is 0 Å². The number of benzene rings is 2. The number of hydrogen-bond donors (Lipinski definition) is 0. The summed E-state index contributed by atoms with van der Waals surface area (Å²) in [6.45, 7) is 5.95. The fraction of sp³-hybridized carbons (Fsp3) is 0.350. The molecular weight excluding hydrogens is 330 g/mol. The van der Waals surface area contributed by atoms with Crippen molar-refractivity contribution in [1.29, 1.82) is 0 Å². The van der Waals surface area contributed by atoms with Crippen LogP contribution in [0, 0.1) is 11.2 Å². The second-order valence-corrected chi connectivity index (χ2v) is 7.64. The summed E-state index contributed by atoms with van der Waals surface area (Å²) >= 11 is 0. The molecule has 134 valence electrons. The Bertz CT molecular complexity index is 901. The number of fused-ring (bicyclic) bond motifs is 1. The minimum atomic E-state index is -0.682. The van der Waals surface area contributed by atoms with E-state index < -0.39 is 7.12 Å². The molecule has 1 aliphatic heterocycles. The molecule has 0 bridgehead atoms. The topological polar surface area (TPSA) is 36.3 Å². The van der Waals surface area contributed by atoms with Crippen molar-refractivity contribution in [3.63, 3.8) is 0 Å². The number of rotatable bonds is 4. The van der Waals surface area contributed by atoms with Crippen LogP contribution in [0.15, 0.2) is 48.7 Å². The first kappa shape index (κ1) is 17.2. The predicted octanol–water partition coefficient (Wildman–Crippen LogP) is 3.19. The predicted molar refractivity (Wildman–Crippen MR) is 101 cm³/mol. The molecule has 1 aromatic heterocycles. The Balaban J connectivity index is 1.59. The lowest BCUT2D eigenvalue weighted by Gasteiger charge is -2.33. The normalized spacial score (nSPS) is 17.0. The zero-order chi connectivity index (χ0) is 18.1. The maximum Gasteiger partial charge on any atom is 0.497 e. The lowest BCUT2D eigenvalue weighted by Crippen LogP contribution is -2.48. The summed E-state index contributed by atoms with van der Waals surface area (Å²) in [6.07, 6.45) is 2.76. The van der Waals surface area contributed by atoms with Gasteiger partial charge in [0.25, 0.3) is 0 Å². The molecule has 0 N–H and O–H groups in total. The summed E-state index contributed by atoms with van der Waals surface area (Å²) in [5, 5.41) is 5.34. The Morgan fingerprint density at radius 1 is 1.12 bits per heavy atom. The van der Waals surface area contributed by atoms with E-state index >= 15 is 0 Å². The van der Waals surface area contributed by atoms with Crippen LogP contribution in [-0.2, 0) is 22.3 Å². The molecule has 2 heterocycles. The molecule has 0 amide bonds. The average Bonchev–Trinajstić information content (AvgIpc) is 3.05. The summed E-state index contributed by atoms with van der Waals surface area (Å²) in [7, 11) is -0.682. The van der Waals surface area contributed by atoms with E-state index in [2.05, 4.69) is 31.1 Å². The lowest BCUT2D eigenvalue weighted by atomic mass is 9.74. The van der Waals surface area contributed by atoms with E-state index in [0.717, 1.165) is 23.9 Å². The molecular formula is C20H22BFN2O2. The maximum absolute atomic E-state index is 14.6. The minimum Gasteiger partial charge on any atom is -0.407 e. The molecule has 4 nitrogen and oxygen atoms in total. The monoisotopic (exact) mass is 352 g/mol. The Morgan fingerprint density at radius 3 is 2.58 bits per heavy atom. The Morgan fingerprint density at radius 2 is 1.85 bits per heavy atom. The van der Waals surface area contributed by atoms with Crippen molar-refractivity contribution in [3.8, 4) is 0 Å².